The van der Waals surface area contributed by atoms with Gasteiger partial charge < -0.3 is 9.84 Å². The van der Waals surface area contributed by atoms with Gasteiger partial charge in [-0.2, -0.15) is 3.89 Å². The van der Waals surface area contributed by atoms with E-state index in [1.54, 1.807) is 18.2 Å². The summed E-state index contributed by atoms with van der Waals surface area (Å²) in [6.45, 7) is -0.157. The van der Waals surface area contributed by atoms with Crippen LogP contribution in [0.25, 0.3) is 0 Å². The number of benzene rings is 1. The highest BCUT2D eigenvalue weighted by Crippen LogP contribution is 2.27. The maximum atomic E-state index is 12.2. The van der Waals surface area contributed by atoms with Crippen LogP contribution in [-0.2, 0) is 6.61 Å². The minimum Gasteiger partial charge on any atom is -0.497 e. The van der Waals surface area contributed by atoms with Crippen LogP contribution >= 0.6 is 12.1 Å². The highest BCUT2D eigenvalue weighted by molar-refractivity contribution is 7.94. The van der Waals surface area contributed by atoms with Crippen LogP contribution in [0, 0.1) is 0 Å². The summed E-state index contributed by atoms with van der Waals surface area (Å²) in [4.78, 5) is 0.400. The van der Waals surface area contributed by atoms with E-state index in [2.05, 4.69) is 0 Å². The van der Waals surface area contributed by atoms with Gasteiger partial charge in [0.25, 0.3) is 0 Å². The van der Waals surface area contributed by atoms with Gasteiger partial charge in [0.15, 0.2) is 0 Å². The molecule has 0 radical (unpaired) electrons. The van der Waals surface area contributed by atoms with E-state index in [1.807, 2.05) is 0 Å². The van der Waals surface area contributed by atoms with Crippen molar-refractivity contribution in [3.8, 4) is 5.75 Å². The minimum absolute atomic E-state index is 0.110. The topological polar surface area (TPSA) is 29.5 Å². The Hall–Kier alpha value is -0.740. The van der Waals surface area contributed by atoms with Gasteiger partial charge in [0.2, 0.25) is 0 Å². The van der Waals surface area contributed by atoms with E-state index in [0.29, 0.717) is 16.2 Å². The summed E-state index contributed by atoms with van der Waals surface area (Å²) in [5.41, 5.74) is 0.573. The quantitative estimate of drug-likeness (QED) is 0.788. The Morgan fingerprint density at radius 2 is 2.33 bits per heavy atom. The number of halogens is 1. The summed E-state index contributed by atoms with van der Waals surface area (Å²) in [6, 6.07) is 4.88. The number of methoxy groups -OCH3 is 1. The smallest absolute Gasteiger partial charge is 0.120 e. The number of aliphatic hydroxyl groups excluding tert-OH is 1. The molecular weight excluding hydrogens is 179 g/mol. The molecule has 0 aliphatic rings. The molecule has 12 heavy (non-hydrogen) atoms. The molecule has 0 atom stereocenters. The van der Waals surface area contributed by atoms with Gasteiger partial charge in [0.05, 0.1) is 25.9 Å². The first kappa shape index (κ1) is 9.35. The minimum atomic E-state index is -0.157. The fraction of sp³-hybridized carbons (Fsp3) is 0.250. The van der Waals surface area contributed by atoms with Crippen LogP contribution in [-0.4, -0.2) is 12.2 Å². The Labute approximate surface area is 74.7 Å². The second-order valence-electron chi connectivity index (χ2n) is 2.21. The molecule has 0 saturated heterocycles. The van der Waals surface area contributed by atoms with Crippen LogP contribution in [0.3, 0.4) is 0 Å². The first-order chi connectivity index (χ1) is 5.81. The third kappa shape index (κ3) is 1.89. The van der Waals surface area contributed by atoms with E-state index in [4.69, 9.17) is 9.84 Å². The van der Waals surface area contributed by atoms with Gasteiger partial charge in [0, 0.05) is 4.90 Å². The van der Waals surface area contributed by atoms with Crippen molar-refractivity contribution in [3.05, 3.63) is 23.8 Å². The summed E-state index contributed by atoms with van der Waals surface area (Å²) < 4.78 is 17.1. The van der Waals surface area contributed by atoms with Crippen molar-refractivity contribution in [1.82, 2.24) is 0 Å². The predicted molar refractivity (Wildman–Crippen MR) is 45.9 cm³/mol. The maximum absolute atomic E-state index is 12.2. The second kappa shape index (κ2) is 4.33. The van der Waals surface area contributed by atoms with Gasteiger partial charge in [-0.15, -0.1) is 0 Å². The standard InChI is InChI=1S/C8H9FO2S/c1-11-7-3-2-6(5-10)8(4-7)12-9/h2-4,10H,5H2,1H3. The molecule has 0 amide bonds. The van der Waals surface area contributed by atoms with Gasteiger partial charge in [-0.1, -0.05) is 6.07 Å². The Morgan fingerprint density at radius 3 is 2.83 bits per heavy atom. The van der Waals surface area contributed by atoms with Crippen LogP contribution in [0.1, 0.15) is 5.56 Å². The molecule has 4 heteroatoms. The van der Waals surface area contributed by atoms with Gasteiger partial charge in [-0.25, -0.2) is 0 Å². The van der Waals surface area contributed by atoms with Crippen molar-refractivity contribution < 1.29 is 13.7 Å². The van der Waals surface area contributed by atoms with E-state index in [1.165, 1.54) is 7.11 Å². The van der Waals surface area contributed by atoms with Gasteiger partial charge in [0.1, 0.15) is 5.75 Å². The van der Waals surface area contributed by atoms with E-state index < -0.39 is 0 Å². The SMILES string of the molecule is COc1ccc(CO)c(SF)c1. The van der Waals surface area contributed by atoms with Crippen LogP contribution in [0.15, 0.2) is 23.1 Å². The van der Waals surface area contributed by atoms with E-state index in [-0.39, 0.29) is 18.8 Å². The molecule has 2 nitrogen and oxygen atoms in total. The van der Waals surface area contributed by atoms with Crippen molar-refractivity contribution in [3.63, 3.8) is 0 Å². The molecular formula is C8H9FO2S. The van der Waals surface area contributed by atoms with E-state index >= 15 is 0 Å². The molecule has 1 rings (SSSR count). The fourth-order valence-corrected chi connectivity index (χ4v) is 1.26. The summed E-state index contributed by atoms with van der Waals surface area (Å²) in [6.07, 6.45) is 0. The van der Waals surface area contributed by atoms with E-state index in [0.717, 1.165) is 0 Å². The average Bonchev–Trinajstić information content (AvgIpc) is 2.16. The Morgan fingerprint density at radius 1 is 1.58 bits per heavy atom. The number of hydrogen-bond donors (Lipinski definition) is 1. The number of rotatable bonds is 3. The molecule has 0 aromatic heterocycles. The van der Waals surface area contributed by atoms with Gasteiger partial charge in [-0.3, -0.25) is 0 Å². The first-order valence-corrected chi connectivity index (χ1v) is 4.10. The molecule has 66 valence electrons. The monoisotopic (exact) mass is 188 g/mol. The van der Waals surface area contributed by atoms with Crippen LogP contribution < -0.4 is 4.74 Å². The molecule has 0 heterocycles. The van der Waals surface area contributed by atoms with Gasteiger partial charge >= 0.3 is 0 Å². The fourth-order valence-electron chi connectivity index (χ4n) is 0.864. The largest absolute Gasteiger partial charge is 0.497 e. The zero-order valence-electron chi connectivity index (χ0n) is 6.58. The number of aliphatic hydroxyl groups is 1. The molecule has 1 aromatic carbocycles. The molecule has 1 aromatic rings. The highest BCUT2D eigenvalue weighted by Gasteiger charge is 2.03. The molecule has 1 N–H and O–H groups in total. The Kier molecular flexibility index (Phi) is 3.37. The second-order valence-corrected chi connectivity index (χ2v) is 2.80. The highest BCUT2D eigenvalue weighted by atomic mass is 32.2. The summed E-state index contributed by atoms with van der Waals surface area (Å²) >= 11 is 0.110. The third-order valence-electron chi connectivity index (χ3n) is 1.53. The summed E-state index contributed by atoms with van der Waals surface area (Å²) in [5, 5.41) is 8.79. The first-order valence-electron chi connectivity index (χ1n) is 3.38. The predicted octanol–water partition coefficient (Wildman–Crippen LogP) is 2.16. The molecule has 0 fully saturated rings. The molecule has 0 spiro atoms. The average molecular weight is 188 g/mol. The zero-order chi connectivity index (χ0) is 8.97. The van der Waals surface area contributed by atoms with Crippen molar-refractivity contribution in [1.29, 1.82) is 0 Å². The molecule has 0 unspecified atom stereocenters. The molecule has 0 aliphatic carbocycles. The van der Waals surface area contributed by atoms with E-state index in [9.17, 15) is 3.89 Å². The van der Waals surface area contributed by atoms with Crippen LogP contribution in [0.5, 0.6) is 5.75 Å². The number of hydrogen-bond acceptors (Lipinski definition) is 3. The Bertz CT molecular complexity index is 265. The van der Waals surface area contributed by atoms with Crippen molar-refractivity contribution in [2.24, 2.45) is 0 Å². The molecule has 0 aliphatic heterocycles. The zero-order valence-corrected chi connectivity index (χ0v) is 7.40. The van der Waals surface area contributed by atoms with Crippen molar-refractivity contribution >= 4 is 12.1 Å². The number of ether oxygens (including phenoxy) is 1. The Balaban J connectivity index is 3.02. The molecule has 0 saturated carbocycles. The van der Waals surface area contributed by atoms with Crippen molar-refractivity contribution in [2.75, 3.05) is 7.11 Å². The van der Waals surface area contributed by atoms with Crippen LogP contribution in [0.2, 0.25) is 0 Å². The normalized spacial score (nSPS) is 9.92. The third-order valence-corrected chi connectivity index (χ3v) is 2.07. The lowest BCUT2D eigenvalue weighted by molar-refractivity contribution is 0.278. The van der Waals surface area contributed by atoms with Crippen LogP contribution in [0.4, 0.5) is 3.89 Å². The lowest BCUT2D eigenvalue weighted by Gasteiger charge is -2.04. The maximum Gasteiger partial charge on any atom is 0.120 e. The lowest BCUT2D eigenvalue weighted by Crippen LogP contribution is -1.88. The van der Waals surface area contributed by atoms with Crippen molar-refractivity contribution in [2.45, 2.75) is 11.5 Å². The summed E-state index contributed by atoms with van der Waals surface area (Å²) in [5.74, 6) is 0.590. The van der Waals surface area contributed by atoms with Gasteiger partial charge in [-0.05, 0) is 17.7 Å². The molecule has 0 bridgehead atoms. The lowest BCUT2D eigenvalue weighted by atomic mass is 10.2. The summed E-state index contributed by atoms with van der Waals surface area (Å²) in [7, 11) is 1.51.